The van der Waals surface area contributed by atoms with E-state index in [1.807, 2.05) is 0 Å². The van der Waals surface area contributed by atoms with Crippen LogP contribution in [0.25, 0.3) is 0 Å². The van der Waals surface area contributed by atoms with E-state index in [2.05, 4.69) is 11.8 Å². The van der Waals surface area contributed by atoms with Crippen molar-refractivity contribution in [3.8, 4) is 0 Å². The third kappa shape index (κ3) is 2.24. The highest BCUT2D eigenvalue weighted by molar-refractivity contribution is 5.78. The monoisotopic (exact) mass is 224 g/mol. The summed E-state index contributed by atoms with van der Waals surface area (Å²) >= 11 is 0. The summed E-state index contributed by atoms with van der Waals surface area (Å²) in [5.41, 5.74) is 5.86. The summed E-state index contributed by atoms with van der Waals surface area (Å²) < 4.78 is 0. The molecule has 2 rings (SSSR count). The predicted molar refractivity (Wildman–Crippen MR) is 64.9 cm³/mol. The molecule has 1 heterocycles. The number of nitrogens with two attached hydrogens (primary N) is 1. The molecule has 3 nitrogen and oxygen atoms in total. The van der Waals surface area contributed by atoms with Crippen LogP contribution in [0.15, 0.2) is 0 Å². The molecule has 0 radical (unpaired) electrons. The summed E-state index contributed by atoms with van der Waals surface area (Å²) in [6.45, 7) is 3.97. The topological polar surface area (TPSA) is 46.3 Å². The van der Waals surface area contributed by atoms with Crippen molar-refractivity contribution in [1.82, 2.24) is 4.90 Å². The number of amides is 1. The number of rotatable bonds is 3. The molecule has 1 aliphatic carbocycles. The zero-order chi connectivity index (χ0) is 11.5. The number of likely N-dealkylation sites (tertiary alicyclic amines) is 1. The SMILES string of the molecule is CCC1CCC(CN)C(N2CCCC2=O)C1. The molecule has 2 aliphatic rings. The van der Waals surface area contributed by atoms with Crippen LogP contribution in [-0.2, 0) is 4.79 Å². The van der Waals surface area contributed by atoms with Gasteiger partial charge in [-0.05, 0) is 44.1 Å². The second-order valence-electron chi connectivity index (χ2n) is 5.34. The van der Waals surface area contributed by atoms with Gasteiger partial charge in [0.1, 0.15) is 0 Å². The Morgan fingerprint density at radius 3 is 2.81 bits per heavy atom. The van der Waals surface area contributed by atoms with Gasteiger partial charge in [0, 0.05) is 19.0 Å². The Balaban J connectivity index is 2.05. The Morgan fingerprint density at radius 1 is 1.44 bits per heavy atom. The summed E-state index contributed by atoms with van der Waals surface area (Å²) in [7, 11) is 0. The average Bonchev–Trinajstić information content (AvgIpc) is 2.74. The molecule has 3 unspecified atom stereocenters. The van der Waals surface area contributed by atoms with Gasteiger partial charge in [-0.1, -0.05) is 13.3 Å². The highest BCUT2D eigenvalue weighted by Crippen LogP contribution is 2.35. The smallest absolute Gasteiger partial charge is 0.222 e. The van der Waals surface area contributed by atoms with E-state index in [9.17, 15) is 4.79 Å². The lowest BCUT2D eigenvalue weighted by Crippen LogP contribution is -2.47. The van der Waals surface area contributed by atoms with Crippen LogP contribution >= 0.6 is 0 Å². The minimum atomic E-state index is 0.361. The van der Waals surface area contributed by atoms with E-state index < -0.39 is 0 Å². The van der Waals surface area contributed by atoms with Crippen LogP contribution in [0, 0.1) is 11.8 Å². The lowest BCUT2D eigenvalue weighted by Gasteiger charge is -2.40. The first-order valence-electron chi connectivity index (χ1n) is 6.75. The fourth-order valence-corrected chi connectivity index (χ4v) is 3.34. The molecule has 2 fully saturated rings. The lowest BCUT2D eigenvalue weighted by molar-refractivity contribution is -0.131. The van der Waals surface area contributed by atoms with Crippen LogP contribution < -0.4 is 5.73 Å². The first-order chi connectivity index (χ1) is 7.76. The van der Waals surface area contributed by atoms with E-state index in [1.165, 1.54) is 25.7 Å². The van der Waals surface area contributed by atoms with Gasteiger partial charge >= 0.3 is 0 Å². The van der Waals surface area contributed by atoms with Crippen LogP contribution in [-0.4, -0.2) is 29.9 Å². The zero-order valence-corrected chi connectivity index (χ0v) is 10.3. The second-order valence-corrected chi connectivity index (χ2v) is 5.34. The quantitative estimate of drug-likeness (QED) is 0.794. The molecule has 16 heavy (non-hydrogen) atoms. The molecule has 0 aromatic carbocycles. The van der Waals surface area contributed by atoms with Gasteiger partial charge < -0.3 is 10.6 Å². The molecule has 2 N–H and O–H groups in total. The van der Waals surface area contributed by atoms with Gasteiger partial charge in [-0.25, -0.2) is 0 Å². The molecule has 3 heteroatoms. The van der Waals surface area contributed by atoms with E-state index in [0.717, 1.165) is 31.8 Å². The first kappa shape index (κ1) is 11.9. The van der Waals surface area contributed by atoms with Crippen molar-refractivity contribution < 1.29 is 4.79 Å². The van der Waals surface area contributed by atoms with Gasteiger partial charge in [0.15, 0.2) is 0 Å². The van der Waals surface area contributed by atoms with Crippen LogP contribution in [0.5, 0.6) is 0 Å². The van der Waals surface area contributed by atoms with Crippen LogP contribution in [0.3, 0.4) is 0 Å². The van der Waals surface area contributed by atoms with Crippen LogP contribution in [0.4, 0.5) is 0 Å². The Bertz CT molecular complexity index is 254. The molecule has 0 aromatic rings. The number of hydrogen-bond acceptors (Lipinski definition) is 2. The number of hydrogen-bond donors (Lipinski definition) is 1. The van der Waals surface area contributed by atoms with E-state index in [4.69, 9.17) is 5.73 Å². The third-order valence-electron chi connectivity index (χ3n) is 4.46. The molecule has 0 spiro atoms. The Hall–Kier alpha value is -0.570. The summed E-state index contributed by atoms with van der Waals surface area (Å²) in [6, 6.07) is 0.443. The summed E-state index contributed by atoms with van der Waals surface area (Å²) in [6.07, 6.45) is 6.74. The van der Waals surface area contributed by atoms with Gasteiger partial charge in [-0.3, -0.25) is 4.79 Å². The van der Waals surface area contributed by atoms with Crippen molar-refractivity contribution in [1.29, 1.82) is 0 Å². The van der Waals surface area contributed by atoms with Crippen molar-refractivity contribution >= 4 is 5.91 Å². The third-order valence-corrected chi connectivity index (χ3v) is 4.46. The van der Waals surface area contributed by atoms with Gasteiger partial charge in [0.05, 0.1) is 0 Å². The molecular formula is C13H24N2O. The molecule has 0 aromatic heterocycles. The number of nitrogens with zero attached hydrogens (tertiary/aromatic N) is 1. The Labute approximate surface area is 98.4 Å². The molecule has 92 valence electrons. The maximum absolute atomic E-state index is 11.8. The van der Waals surface area contributed by atoms with E-state index in [1.54, 1.807) is 0 Å². The largest absolute Gasteiger partial charge is 0.339 e. The van der Waals surface area contributed by atoms with E-state index >= 15 is 0 Å². The van der Waals surface area contributed by atoms with Crippen molar-refractivity contribution in [2.24, 2.45) is 17.6 Å². The number of carbonyl (C=O) groups excluding carboxylic acids is 1. The summed E-state index contributed by atoms with van der Waals surface area (Å²) in [5.74, 6) is 1.71. The van der Waals surface area contributed by atoms with Crippen molar-refractivity contribution in [2.45, 2.75) is 51.5 Å². The fraction of sp³-hybridized carbons (Fsp3) is 0.923. The van der Waals surface area contributed by atoms with Gasteiger partial charge in [-0.15, -0.1) is 0 Å². The van der Waals surface area contributed by atoms with Crippen LogP contribution in [0.2, 0.25) is 0 Å². The average molecular weight is 224 g/mol. The standard InChI is InChI=1S/C13H24N2O/c1-2-10-5-6-11(9-14)12(8-10)15-7-3-4-13(15)16/h10-12H,2-9,14H2,1H3. The van der Waals surface area contributed by atoms with Crippen molar-refractivity contribution in [2.75, 3.05) is 13.1 Å². The van der Waals surface area contributed by atoms with Gasteiger partial charge in [-0.2, -0.15) is 0 Å². The zero-order valence-electron chi connectivity index (χ0n) is 10.3. The maximum atomic E-state index is 11.8. The fourth-order valence-electron chi connectivity index (χ4n) is 3.34. The molecule has 1 saturated carbocycles. The highest BCUT2D eigenvalue weighted by Gasteiger charge is 2.36. The molecule has 1 aliphatic heterocycles. The Kier molecular flexibility index (Phi) is 3.85. The Morgan fingerprint density at radius 2 is 2.25 bits per heavy atom. The lowest BCUT2D eigenvalue weighted by atomic mass is 9.76. The molecular weight excluding hydrogens is 200 g/mol. The van der Waals surface area contributed by atoms with Gasteiger partial charge in [0.25, 0.3) is 0 Å². The molecule has 1 amide bonds. The normalized spacial score (nSPS) is 35.8. The van der Waals surface area contributed by atoms with E-state index in [-0.39, 0.29) is 0 Å². The predicted octanol–water partition coefficient (Wildman–Crippen LogP) is 1.76. The van der Waals surface area contributed by atoms with Crippen LogP contribution in [0.1, 0.15) is 45.4 Å². The summed E-state index contributed by atoms with van der Waals surface area (Å²) in [5, 5.41) is 0. The number of carbonyl (C=O) groups is 1. The van der Waals surface area contributed by atoms with Gasteiger partial charge in [0.2, 0.25) is 5.91 Å². The van der Waals surface area contributed by atoms with E-state index in [0.29, 0.717) is 17.9 Å². The second kappa shape index (κ2) is 5.17. The summed E-state index contributed by atoms with van der Waals surface area (Å²) in [4.78, 5) is 13.9. The molecule has 0 bridgehead atoms. The first-order valence-corrected chi connectivity index (χ1v) is 6.75. The molecule has 1 saturated heterocycles. The van der Waals surface area contributed by atoms with Crippen molar-refractivity contribution in [3.05, 3.63) is 0 Å². The minimum absolute atomic E-state index is 0.361. The van der Waals surface area contributed by atoms with Crippen molar-refractivity contribution in [3.63, 3.8) is 0 Å². The maximum Gasteiger partial charge on any atom is 0.222 e. The minimum Gasteiger partial charge on any atom is -0.339 e. The molecule has 3 atom stereocenters. The highest BCUT2D eigenvalue weighted by atomic mass is 16.2.